The molecule has 0 unspecified atom stereocenters. The summed E-state index contributed by atoms with van der Waals surface area (Å²) in [6.07, 6.45) is 4.93. The van der Waals surface area contributed by atoms with Crippen LogP contribution in [0.25, 0.3) is 11.3 Å². The lowest BCUT2D eigenvalue weighted by atomic mass is 10.1. The van der Waals surface area contributed by atoms with Crippen molar-refractivity contribution in [2.45, 2.75) is 32.3 Å². The molecule has 0 spiro atoms. The van der Waals surface area contributed by atoms with Gasteiger partial charge in [0.25, 0.3) is 0 Å². The van der Waals surface area contributed by atoms with Crippen LogP contribution < -0.4 is 4.74 Å². The highest BCUT2D eigenvalue weighted by atomic mass is 16.5. The normalized spacial score (nSPS) is 13.5. The van der Waals surface area contributed by atoms with Gasteiger partial charge < -0.3 is 14.0 Å². The highest BCUT2D eigenvalue weighted by Crippen LogP contribution is 2.24. The summed E-state index contributed by atoms with van der Waals surface area (Å²) >= 11 is 0. The molecule has 0 atom stereocenters. The highest BCUT2D eigenvalue weighted by molar-refractivity contribution is 5.89. The van der Waals surface area contributed by atoms with E-state index in [2.05, 4.69) is 17.0 Å². The Morgan fingerprint density at radius 1 is 1.13 bits per heavy atom. The first-order valence-corrected chi connectivity index (χ1v) is 10.1. The maximum absolute atomic E-state index is 12.3. The third kappa shape index (κ3) is 4.90. The molecule has 0 amide bonds. The largest absolute Gasteiger partial charge is 0.497 e. The van der Waals surface area contributed by atoms with Crippen LogP contribution in [0.3, 0.4) is 0 Å². The zero-order valence-electron chi connectivity index (χ0n) is 16.9. The fourth-order valence-electron chi connectivity index (χ4n) is 3.46. The third-order valence-corrected chi connectivity index (χ3v) is 5.17. The molecule has 1 fully saturated rings. The standard InChI is InChI=1S/C25H23NO4/c1-28-22-8-4-7-21(15-22)24-16-23(30-26-24)17-29-25(27)20-13-11-19(12-14-20)10-9-18-5-2-3-6-18/h4,7-8,11-16,18H,2-3,5-6,17H2,1H3. The predicted molar refractivity (Wildman–Crippen MR) is 113 cm³/mol. The van der Waals surface area contributed by atoms with E-state index < -0.39 is 5.97 Å². The maximum atomic E-state index is 12.3. The van der Waals surface area contributed by atoms with Crippen molar-refractivity contribution in [2.24, 2.45) is 5.92 Å². The second kappa shape index (κ2) is 9.32. The highest BCUT2D eigenvalue weighted by Gasteiger charge is 2.13. The fraction of sp³-hybridized carbons (Fsp3) is 0.280. The summed E-state index contributed by atoms with van der Waals surface area (Å²) in [5.74, 6) is 7.83. The molecular weight excluding hydrogens is 378 g/mol. The maximum Gasteiger partial charge on any atom is 0.338 e. The summed E-state index contributed by atoms with van der Waals surface area (Å²) < 4.78 is 15.9. The molecule has 1 aromatic heterocycles. The van der Waals surface area contributed by atoms with Gasteiger partial charge in [0.1, 0.15) is 11.4 Å². The van der Waals surface area contributed by atoms with Crippen molar-refractivity contribution in [3.63, 3.8) is 0 Å². The van der Waals surface area contributed by atoms with Gasteiger partial charge >= 0.3 is 5.97 Å². The van der Waals surface area contributed by atoms with Gasteiger partial charge in [0.2, 0.25) is 0 Å². The van der Waals surface area contributed by atoms with Crippen LogP contribution in [0.2, 0.25) is 0 Å². The van der Waals surface area contributed by atoms with Crippen LogP contribution in [0, 0.1) is 17.8 Å². The number of carbonyl (C=O) groups is 1. The number of rotatable bonds is 5. The fourth-order valence-corrected chi connectivity index (χ4v) is 3.46. The zero-order chi connectivity index (χ0) is 20.8. The molecule has 5 nitrogen and oxygen atoms in total. The average molecular weight is 401 g/mol. The minimum Gasteiger partial charge on any atom is -0.497 e. The number of aromatic nitrogens is 1. The summed E-state index contributed by atoms with van der Waals surface area (Å²) in [5.41, 5.74) is 2.92. The van der Waals surface area contributed by atoms with E-state index in [1.807, 2.05) is 36.4 Å². The Morgan fingerprint density at radius 3 is 2.70 bits per heavy atom. The Hall–Kier alpha value is -3.52. The van der Waals surface area contributed by atoms with E-state index in [0.29, 0.717) is 22.9 Å². The van der Waals surface area contributed by atoms with Crippen LogP contribution in [-0.4, -0.2) is 18.2 Å². The number of esters is 1. The molecule has 0 N–H and O–H groups in total. The van der Waals surface area contributed by atoms with E-state index in [0.717, 1.165) is 16.9 Å². The van der Waals surface area contributed by atoms with E-state index in [4.69, 9.17) is 14.0 Å². The topological polar surface area (TPSA) is 61.6 Å². The summed E-state index contributed by atoms with van der Waals surface area (Å²) in [4.78, 5) is 12.3. The summed E-state index contributed by atoms with van der Waals surface area (Å²) in [6, 6.07) is 16.5. The Bertz CT molecular complexity index is 1070. The lowest BCUT2D eigenvalue weighted by Crippen LogP contribution is -2.04. The summed E-state index contributed by atoms with van der Waals surface area (Å²) in [7, 11) is 1.61. The van der Waals surface area contributed by atoms with Gasteiger partial charge in [-0.05, 0) is 49.2 Å². The van der Waals surface area contributed by atoms with Crippen molar-refractivity contribution >= 4 is 5.97 Å². The number of benzene rings is 2. The van der Waals surface area contributed by atoms with Gasteiger partial charge in [0.15, 0.2) is 12.4 Å². The molecule has 1 aliphatic carbocycles. The molecule has 4 rings (SSSR count). The first-order chi connectivity index (χ1) is 14.7. The Morgan fingerprint density at radius 2 is 1.93 bits per heavy atom. The van der Waals surface area contributed by atoms with Crippen molar-refractivity contribution in [1.82, 2.24) is 5.16 Å². The molecule has 1 saturated carbocycles. The molecule has 3 aromatic rings. The first-order valence-electron chi connectivity index (χ1n) is 10.1. The lowest BCUT2D eigenvalue weighted by molar-refractivity contribution is 0.0437. The van der Waals surface area contributed by atoms with Crippen LogP contribution in [0.1, 0.15) is 47.4 Å². The first kappa shape index (κ1) is 19.8. The molecule has 2 aromatic carbocycles. The number of nitrogens with zero attached hydrogens (tertiary/aromatic N) is 1. The molecule has 0 aliphatic heterocycles. The Kier molecular flexibility index (Phi) is 6.14. The number of hydrogen-bond acceptors (Lipinski definition) is 5. The van der Waals surface area contributed by atoms with Crippen molar-refractivity contribution in [3.8, 4) is 28.8 Å². The second-order valence-electron chi connectivity index (χ2n) is 7.31. The van der Waals surface area contributed by atoms with E-state index in [9.17, 15) is 4.79 Å². The van der Waals surface area contributed by atoms with Crippen molar-refractivity contribution in [2.75, 3.05) is 7.11 Å². The van der Waals surface area contributed by atoms with E-state index in [-0.39, 0.29) is 6.61 Å². The number of hydrogen-bond donors (Lipinski definition) is 0. The van der Waals surface area contributed by atoms with Crippen LogP contribution >= 0.6 is 0 Å². The molecule has 30 heavy (non-hydrogen) atoms. The third-order valence-electron chi connectivity index (χ3n) is 5.17. The summed E-state index contributed by atoms with van der Waals surface area (Å²) in [5, 5.41) is 4.04. The molecule has 0 radical (unpaired) electrons. The zero-order valence-corrected chi connectivity index (χ0v) is 16.9. The lowest BCUT2D eigenvalue weighted by Gasteiger charge is -2.02. The smallest absolute Gasteiger partial charge is 0.338 e. The quantitative estimate of drug-likeness (QED) is 0.432. The Labute approximate surface area is 176 Å². The predicted octanol–water partition coefficient (Wildman–Crippen LogP) is 5.25. The van der Waals surface area contributed by atoms with Crippen LogP contribution in [0.5, 0.6) is 5.75 Å². The molecule has 1 aliphatic rings. The number of carbonyl (C=O) groups excluding carboxylic acids is 1. The van der Waals surface area contributed by atoms with Crippen molar-refractivity contribution in [3.05, 3.63) is 71.5 Å². The van der Waals surface area contributed by atoms with Gasteiger partial charge in [-0.25, -0.2) is 4.79 Å². The SMILES string of the molecule is COc1cccc(-c2cc(COC(=O)c3ccc(C#CC4CCCC4)cc3)on2)c1. The molecule has 152 valence electrons. The molecule has 0 bridgehead atoms. The van der Waals surface area contributed by atoms with E-state index >= 15 is 0 Å². The van der Waals surface area contributed by atoms with Gasteiger partial charge in [0.05, 0.1) is 12.7 Å². The van der Waals surface area contributed by atoms with Gasteiger partial charge in [0, 0.05) is 23.1 Å². The molecule has 0 saturated heterocycles. The van der Waals surface area contributed by atoms with Crippen molar-refractivity contribution < 1.29 is 18.8 Å². The van der Waals surface area contributed by atoms with Gasteiger partial charge in [-0.2, -0.15) is 0 Å². The average Bonchev–Trinajstić information content (AvgIpc) is 3.49. The van der Waals surface area contributed by atoms with Gasteiger partial charge in [-0.3, -0.25) is 0 Å². The minimum atomic E-state index is -0.412. The van der Waals surface area contributed by atoms with Crippen molar-refractivity contribution in [1.29, 1.82) is 0 Å². The van der Waals surface area contributed by atoms with E-state index in [1.165, 1.54) is 25.7 Å². The van der Waals surface area contributed by atoms with E-state index in [1.54, 1.807) is 25.3 Å². The van der Waals surface area contributed by atoms with Crippen LogP contribution in [-0.2, 0) is 11.3 Å². The molecule has 1 heterocycles. The van der Waals surface area contributed by atoms with Gasteiger partial charge in [-0.1, -0.05) is 42.0 Å². The minimum absolute atomic E-state index is 0.0129. The monoisotopic (exact) mass is 401 g/mol. The van der Waals surface area contributed by atoms with Gasteiger partial charge in [-0.15, -0.1) is 0 Å². The summed E-state index contributed by atoms with van der Waals surface area (Å²) in [6.45, 7) is 0.0129. The van der Waals surface area contributed by atoms with Crippen LogP contribution in [0.4, 0.5) is 0 Å². The molecule has 5 heteroatoms. The van der Waals surface area contributed by atoms with Crippen LogP contribution in [0.15, 0.2) is 59.1 Å². The molecular formula is C25H23NO4. The Balaban J connectivity index is 1.34. The number of methoxy groups -OCH3 is 1. The second-order valence-corrected chi connectivity index (χ2v) is 7.31. The number of ether oxygens (including phenoxy) is 2.